The van der Waals surface area contributed by atoms with Crippen LogP contribution < -0.4 is 10.1 Å². The fraction of sp³-hybridized carbons (Fsp3) is 0.515. The number of nitrogens with zero attached hydrogens (tertiary/aromatic N) is 3. The number of hydrogen-bond donors (Lipinski definition) is 3. The van der Waals surface area contributed by atoms with Crippen molar-refractivity contribution in [3.63, 3.8) is 0 Å². The second-order valence-electron chi connectivity index (χ2n) is 12.1. The van der Waals surface area contributed by atoms with Gasteiger partial charge in [-0.2, -0.15) is 0 Å². The average Bonchev–Trinajstić information content (AvgIpc) is 3.02. The molecule has 3 aromatic rings. The molecule has 0 amide bonds. The van der Waals surface area contributed by atoms with E-state index in [0.29, 0.717) is 83.0 Å². The number of carboxylic acid groups (broad SMARTS) is 1. The van der Waals surface area contributed by atoms with Crippen LogP contribution >= 0.6 is 0 Å². The van der Waals surface area contributed by atoms with Crippen LogP contribution in [-0.2, 0) is 16.1 Å². The first-order chi connectivity index (χ1) is 21.7. The van der Waals surface area contributed by atoms with E-state index >= 15 is 0 Å². The van der Waals surface area contributed by atoms with Gasteiger partial charge in [0.25, 0.3) is 0 Å². The largest absolute Gasteiger partial charge is 0.497 e. The number of aliphatic hydroxyl groups excluding tert-OH is 1. The summed E-state index contributed by atoms with van der Waals surface area (Å²) < 4.78 is 52.2. The van der Waals surface area contributed by atoms with Crippen molar-refractivity contribution in [1.82, 2.24) is 14.8 Å². The molecule has 0 aliphatic carbocycles. The van der Waals surface area contributed by atoms with Crippen molar-refractivity contribution < 1.29 is 37.7 Å². The van der Waals surface area contributed by atoms with Crippen LogP contribution in [0.1, 0.15) is 49.3 Å². The summed E-state index contributed by atoms with van der Waals surface area (Å²) in [6.07, 6.45) is 3.09. The number of rotatable bonds is 13. The molecule has 2 fully saturated rings. The van der Waals surface area contributed by atoms with E-state index in [-0.39, 0.29) is 18.7 Å². The summed E-state index contributed by atoms with van der Waals surface area (Å²) >= 11 is 0. The van der Waals surface area contributed by atoms with Crippen LogP contribution in [0, 0.1) is 22.9 Å². The number of benzene rings is 2. The minimum atomic E-state index is -0.987. The highest BCUT2D eigenvalue weighted by Gasteiger charge is 2.37. The van der Waals surface area contributed by atoms with Crippen LogP contribution in [0.2, 0.25) is 0 Å². The van der Waals surface area contributed by atoms with E-state index in [1.54, 1.807) is 7.11 Å². The highest BCUT2D eigenvalue weighted by molar-refractivity contribution is 5.85. The number of piperidine rings is 1. The zero-order valence-electron chi connectivity index (χ0n) is 25.5. The second-order valence-corrected chi connectivity index (χ2v) is 12.1. The SMILES string of the molecule is COc1ccc2ncc(CN3CCOCC3)c([C@@H](O)CCC3(CC(=O)O)CCN(CCNc4c(F)cc(F)cc4F)CC3)c2c1. The lowest BCUT2D eigenvalue weighted by Crippen LogP contribution is -2.43. The Bertz CT molecular complexity index is 1460. The topological polar surface area (TPSA) is 107 Å². The van der Waals surface area contributed by atoms with Gasteiger partial charge in [-0.05, 0) is 73.5 Å². The molecule has 1 atom stereocenters. The van der Waals surface area contributed by atoms with Crippen molar-refractivity contribution in [2.45, 2.75) is 44.8 Å². The first-order valence-corrected chi connectivity index (χ1v) is 15.4. The molecule has 0 radical (unpaired) electrons. The van der Waals surface area contributed by atoms with Crippen LogP contribution in [-0.4, -0.2) is 90.6 Å². The van der Waals surface area contributed by atoms with Crippen LogP contribution in [0.25, 0.3) is 10.9 Å². The predicted octanol–water partition coefficient (Wildman–Crippen LogP) is 4.98. The number of pyridine rings is 1. The Morgan fingerprint density at radius 1 is 1.09 bits per heavy atom. The number of carboxylic acids is 1. The first-order valence-electron chi connectivity index (χ1n) is 15.4. The van der Waals surface area contributed by atoms with Crippen molar-refractivity contribution in [3.05, 3.63) is 65.1 Å². The van der Waals surface area contributed by atoms with E-state index in [1.807, 2.05) is 24.4 Å². The number of nitrogens with one attached hydrogen (secondary N) is 1. The summed E-state index contributed by atoms with van der Waals surface area (Å²) in [5.74, 6) is -3.17. The lowest BCUT2D eigenvalue weighted by Gasteiger charge is -2.42. The molecule has 3 N–H and O–H groups in total. The van der Waals surface area contributed by atoms with Gasteiger partial charge in [-0.15, -0.1) is 0 Å². The molecule has 2 aliphatic heterocycles. The molecule has 2 aliphatic rings. The quantitative estimate of drug-likeness (QED) is 0.241. The summed E-state index contributed by atoms with van der Waals surface area (Å²) in [4.78, 5) is 21.0. The Morgan fingerprint density at radius 3 is 2.47 bits per heavy atom. The maximum absolute atomic E-state index is 14.0. The number of morpholine rings is 1. The van der Waals surface area contributed by atoms with E-state index in [2.05, 4.69) is 20.1 Å². The van der Waals surface area contributed by atoms with E-state index in [4.69, 9.17) is 9.47 Å². The monoisotopic (exact) mass is 630 g/mol. The molecule has 3 heterocycles. The van der Waals surface area contributed by atoms with Crippen molar-refractivity contribution >= 4 is 22.6 Å². The summed E-state index contributed by atoms with van der Waals surface area (Å²) in [6.45, 7) is 5.43. The molecule has 0 bridgehead atoms. The van der Waals surface area contributed by atoms with E-state index in [9.17, 15) is 28.2 Å². The third-order valence-corrected chi connectivity index (χ3v) is 9.16. The molecule has 2 aromatic carbocycles. The molecule has 5 rings (SSSR count). The fourth-order valence-corrected chi connectivity index (χ4v) is 6.60. The number of carbonyl (C=O) groups is 1. The molecule has 9 nitrogen and oxygen atoms in total. The van der Waals surface area contributed by atoms with Gasteiger partial charge in [-0.3, -0.25) is 14.7 Å². The summed E-state index contributed by atoms with van der Waals surface area (Å²) in [6, 6.07) is 6.88. The molecule has 0 saturated carbocycles. The lowest BCUT2D eigenvalue weighted by atomic mass is 9.71. The highest BCUT2D eigenvalue weighted by atomic mass is 19.1. The second kappa shape index (κ2) is 14.8. The van der Waals surface area contributed by atoms with Crippen molar-refractivity contribution in [2.75, 3.05) is 64.9 Å². The van der Waals surface area contributed by atoms with Crippen LogP contribution in [0.15, 0.2) is 36.5 Å². The number of likely N-dealkylation sites (tertiary alicyclic amines) is 1. The minimum Gasteiger partial charge on any atom is -0.497 e. The van der Waals surface area contributed by atoms with Crippen molar-refractivity contribution in [2.24, 2.45) is 5.41 Å². The number of fused-ring (bicyclic) bond motifs is 1. The fourth-order valence-electron chi connectivity index (χ4n) is 6.60. The van der Waals surface area contributed by atoms with Crippen LogP contribution in [0.4, 0.5) is 18.9 Å². The van der Waals surface area contributed by atoms with Gasteiger partial charge in [-0.1, -0.05) is 0 Å². The maximum Gasteiger partial charge on any atom is 0.303 e. The number of hydrogen-bond acceptors (Lipinski definition) is 8. The van der Waals surface area contributed by atoms with Gasteiger partial charge < -0.3 is 29.9 Å². The maximum atomic E-state index is 14.0. The predicted molar refractivity (Wildman–Crippen MR) is 164 cm³/mol. The summed E-state index contributed by atoms with van der Waals surface area (Å²) in [7, 11) is 1.60. The van der Waals surface area contributed by atoms with E-state index < -0.39 is 34.9 Å². The van der Waals surface area contributed by atoms with Crippen molar-refractivity contribution in [3.8, 4) is 5.75 Å². The molecule has 45 heavy (non-hydrogen) atoms. The minimum absolute atomic E-state index is 0.0106. The number of aliphatic carboxylic acids is 1. The van der Waals surface area contributed by atoms with Crippen molar-refractivity contribution in [1.29, 1.82) is 0 Å². The highest BCUT2D eigenvalue weighted by Crippen LogP contribution is 2.42. The Morgan fingerprint density at radius 2 is 1.80 bits per heavy atom. The van der Waals surface area contributed by atoms with Gasteiger partial charge >= 0.3 is 5.97 Å². The Balaban J connectivity index is 1.27. The normalized spacial score (nSPS) is 18.2. The zero-order chi connectivity index (χ0) is 32.0. The van der Waals surface area contributed by atoms with Gasteiger partial charge in [0.05, 0.1) is 38.4 Å². The number of methoxy groups -OCH3 is 1. The van der Waals surface area contributed by atoms with Crippen LogP contribution in [0.5, 0.6) is 5.75 Å². The van der Waals surface area contributed by atoms with Gasteiger partial charge in [0, 0.05) is 56.4 Å². The van der Waals surface area contributed by atoms with Gasteiger partial charge in [0.2, 0.25) is 0 Å². The van der Waals surface area contributed by atoms with Gasteiger partial charge in [0.1, 0.15) is 17.3 Å². The lowest BCUT2D eigenvalue weighted by molar-refractivity contribution is -0.141. The van der Waals surface area contributed by atoms with Gasteiger partial charge in [-0.25, -0.2) is 13.2 Å². The standard InChI is InChI=1S/C33H41F3N4O5/c1-44-24-2-3-28-25(18-24)31(22(20-38-28)21-40-12-14-45-15-13-40)29(41)4-5-33(19-30(42)43)6-9-39(10-7-33)11-8-37-32-26(35)16-23(34)17-27(32)36/h2-3,16-18,20,29,37,41H,4-15,19,21H2,1H3,(H,42,43)/t29-/m0/s1. The summed E-state index contributed by atoms with van der Waals surface area (Å²) in [5, 5.41) is 25.1. The smallest absolute Gasteiger partial charge is 0.303 e. The number of anilines is 1. The molecule has 0 spiro atoms. The molecular weight excluding hydrogens is 589 g/mol. The molecule has 2 saturated heterocycles. The molecule has 0 unspecified atom stereocenters. The molecular formula is C33H41F3N4O5. The average molecular weight is 631 g/mol. The Kier molecular flexibility index (Phi) is 10.8. The Labute approximate surface area is 260 Å². The van der Waals surface area contributed by atoms with Crippen LogP contribution in [0.3, 0.4) is 0 Å². The number of aliphatic hydroxyl groups is 1. The third-order valence-electron chi connectivity index (χ3n) is 9.16. The van der Waals surface area contributed by atoms with E-state index in [1.165, 1.54) is 0 Å². The molecule has 1 aromatic heterocycles. The van der Waals surface area contributed by atoms with E-state index in [0.717, 1.165) is 35.1 Å². The number of ether oxygens (including phenoxy) is 2. The Hall–Kier alpha value is -3.45. The zero-order valence-corrected chi connectivity index (χ0v) is 25.5. The number of aromatic nitrogens is 1. The third kappa shape index (κ3) is 8.23. The summed E-state index contributed by atoms with van der Waals surface area (Å²) in [5.41, 5.74) is 1.60. The first kappa shape index (κ1) is 32.9. The van der Waals surface area contributed by atoms with Gasteiger partial charge in [0.15, 0.2) is 11.6 Å². The molecule has 244 valence electrons. The molecule has 12 heteroatoms. The number of halogens is 3.